The molecule has 1 aliphatic heterocycles. The lowest BCUT2D eigenvalue weighted by atomic mass is 10.1. The molecule has 1 amide bonds. The molecule has 1 N–H and O–H groups in total. The highest BCUT2D eigenvalue weighted by Crippen LogP contribution is 2.14. The number of nitrogens with zero attached hydrogens (tertiary/aromatic N) is 2. The van der Waals surface area contributed by atoms with E-state index in [2.05, 4.69) is 10.4 Å². The zero-order valence-corrected chi connectivity index (χ0v) is 13.3. The van der Waals surface area contributed by atoms with Gasteiger partial charge in [0.1, 0.15) is 6.10 Å². The van der Waals surface area contributed by atoms with Crippen molar-refractivity contribution in [2.75, 3.05) is 32.2 Å². The third kappa shape index (κ3) is 5.40. The van der Waals surface area contributed by atoms with Crippen LogP contribution in [0.3, 0.4) is 0 Å². The predicted octanol–water partition coefficient (Wildman–Crippen LogP) is 1.44. The van der Waals surface area contributed by atoms with E-state index in [0.29, 0.717) is 25.4 Å². The van der Waals surface area contributed by atoms with Crippen LogP contribution in [0.15, 0.2) is 12.4 Å². The van der Waals surface area contributed by atoms with E-state index in [1.165, 1.54) is 0 Å². The zero-order chi connectivity index (χ0) is 15.8. The quantitative estimate of drug-likeness (QED) is 0.786. The van der Waals surface area contributed by atoms with Crippen molar-refractivity contribution in [2.24, 2.45) is 0 Å². The lowest BCUT2D eigenvalue weighted by Crippen LogP contribution is -2.32. The number of ether oxygens (including phenoxy) is 3. The van der Waals surface area contributed by atoms with Crippen molar-refractivity contribution in [1.29, 1.82) is 0 Å². The Morgan fingerprint density at radius 2 is 2.45 bits per heavy atom. The summed E-state index contributed by atoms with van der Waals surface area (Å²) in [7, 11) is 1.64. The molecule has 0 aliphatic carbocycles. The van der Waals surface area contributed by atoms with Crippen LogP contribution in [-0.2, 0) is 25.5 Å². The molecule has 0 spiro atoms. The SMILES string of the molecule is COCCn1cc(NC(=O)C(C)OCC2CCCCO2)cn1. The lowest BCUT2D eigenvalue weighted by Gasteiger charge is -2.23. The molecule has 2 atom stereocenters. The summed E-state index contributed by atoms with van der Waals surface area (Å²) >= 11 is 0. The van der Waals surface area contributed by atoms with E-state index < -0.39 is 6.10 Å². The number of methoxy groups -OCH3 is 1. The molecule has 0 saturated carbocycles. The molecule has 124 valence electrons. The molecule has 7 nitrogen and oxygen atoms in total. The number of carbonyl (C=O) groups excluding carboxylic acids is 1. The third-order valence-corrected chi connectivity index (χ3v) is 3.60. The molecule has 1 aromatic rings. The summed E-state index contributed by atoms with van der Waals surface area (Å²) in [4.78, 5) is 12.1. The van der Waals surface area contributed by atoms with Gasteiger partial charge in [-0.25, -0.2) is 0 Å². The minimum Gasteiger partial charge on any atom is -0.383 e. The first kappa shape index (κ1) is 16.9. The van der Waals surface area contributed by atoms with E-state index in [4.69, 9.17) is 14.2 Å². The Labute approximate surface area is 130 Å². The number of nitrogens with one attached hydrogen (secondary N) is 1. The van der Waals surface area contributed by atoms with Crippen molar-refractivity contribution in [3.63, 3.8) is 0 Å². The fourth-order valence-corrected chi connectivity index (χ4v) is 2.25. The number of aromatic nitrogens is 2. The van der Waals surface area contributed by atoms with Crippen LogP contribution in [0.25, 0.3) is 0 Å². The average molecular weight is 311 g/mol. The molecule has 1 fully saturated rings. The van der Waals surface area contributed by atoms with E-state index in [1.54, 1.807) is 31.1 Å². The summed E-state index contributed by atoms with van der Waals surface area (Å²) < 4.78 is 17.9. The maximum Gasteiger partial charge on any atom is 0.253 e. The van der Waals surface area contributed by atoms with Gasteiger partial charge in [-0.1, -0.05) is 0 Å². The Balaban J connectivity index is 1.72. The molecule has 0 radical (unpaired) electrons. The molecule has 1 aromatic heterocycles. The highest BCUT2D eigenvalue weighted by Gasteiger charge is 2.19. The van der Waals surface area contributed by atoms with Crippen molar-refractivity contribution in [2.45, 2.75) is 44.9 Å². The van der Waals surface area contributed by atoms with E-state index in [9.17, 15) is 4.79 Å². The minimum absolute atomic E-state index is 0.112. The van der Waals surface area contributed by atoms with Crippen LogP contribution in [-0.4, -0.2) is 54.8 Å². The summed E-state index contributed by atoms with van der Waals surface area (Å²) in [5.74, 6) is -0.179. The number of anilines is 1. The fourth-order valence-electron chi connectivity index (χ4n) is 2.25. The maximum atomic E-state index is 12.1. The molecule has 1 saturated heterocycles. The highest BCUT2D eigenvalue weighted by atomic mass is 16.5. The Morgan fingerprint density at radius 3 is 3.18 bits per heavy atom. The number of carbonyl (C=O) groups is 1. The molecular formula is C15H25N3O4. The number of rotatable bonds is 8. The van der Waals surface area contributed by atoms with Gasteiger partial charge in [0, 0.05) is 19.9 Å². The van der Waals surface area contributed by atoms with Crippen LogP contribution in [0.1, 0.15) is 26.2 Å². The third-order valence-electron chi connectivity index (χ3n) is 3.60. The first-order valence-corrected chi connectivity index (χ1v) is 7.74. The second kappa shape index (κ2) is 8.87. The topological polar surface area (TPSA) is 74.6 Å². The van der Waals surface area contributed by atoms with Crippen LogP contribution in [0, 0.1) is 0 Å². The largest absolute Gasteiger partial charge is 0.383 e. The van der Waals surface area contributed by atoms with Gasteiger partial charge in [-0.05, 0) is 26.2 Å². The Hall–Kier alpha value is -1.44. The van der Waals surface area contributed by atoms with Gasteiger partial charge in [0.05, 0.1) is 37.7 Å². The normalized spacial score (nSPS) is 19.8. The summed E-state index contributed by atoms with van der Waals surface area (Å²) in [6.45, 7) is 4.22. The van der Waals surface area contributed by atoms with Crippen LogP contribution in [0.5, 0.6) is 0 Å². The molecule has 7 heteroatoms. The fraction of sp³-hybridized carbons (Fsp3) is 0.733. The molecule has 2 heterocycles. The zero-order valence-electron chi connectivity index (χ0n) is 13.3. The van der Waals surface area contributed by atoms with Gasteiger partial charge < -0.3 is 19.5 Å². The second-order valence-electron chi connectivity index (χ2n) is 5.44. The van der Waals surface area contributed by atoms with Crippen LogP contribution in [0.2, 0.25) is 0 Å². The number of hydrogen-bond acceptors (Lipinski definition) is 5. The first-order valence-electron chi connectivity index (χ1n) is 7.74. The standard InChI is InChI=1S/C15H25N3O4/c1-12(22-11-14-5-3-4-7-21-14)15(19)17-13-9-16-18(10-13)6-8-20-2/h9-10,12,14H,3-8,11H2,1-2H3,(H,17,19). The van der Waals surface area contributed by atoms with Crippen molar-refractivity contribution in [3.05, 3.63) is 12.4 Å². The average Bonchev–Trinajstić information content (AvgIpc) is 2.99. The monoisotopic (exact) mass is 311 g/mol. The smallest absolute Gasteiger partial charge is 0.253 e. The first-order chi connectivity index (χ1) is 10.7. The van der Waals surface area contributed by atoms with Crippen molar-refractivity contribution >= 4 is 11.6 Å². The van der Waals surface area contributed by atoms with E-state index >= 15 is 0 Å². The lowest BCUT2D eigenvalue weighted by molar-refractivity contribution is -0.130. The van der Waals surface area contributed by atoms with Gasteiger partial charge in [-0.2, -0.15) is 5.10 Å². The van der Waals surface area contributed by atoms with E-state index in [1.807, 2.05) is 0 Å². The van der Waals surface area contributed by atoms with Crippen LogP contribution < -0.4 is 5.32 Å². The molecular weight excluding hydrogens is 286 g/mol. The van der Waals surface area contributed by atoms with Crippen LogP contribution in [0.4, 0.5) is 5.69 Å². The Morgan fingerprint density at radius 1 is 1.59 bits per heavy atom. The van der Waals surface area contributed by atoms with Gasteiger partial charge in [-0.15, -0.1) is 0 Å². The van der Waals surface area contributed by atoms with E-state index in [-0.39, 0.29) is 12.0 Å². The molecule has 0 bridgehead atoms. The van der Waals surface area contributed by atoms with E-state index in [0.717, 1.165) is 25.9 Å². The second-order valence-corrected chi connectivity index (χ2v) is 5.44. The van der Waals surface area contributed by atoms with Gasteiger partial charge >= 0.3 is 0 Å². The molecule has 2 rings (SSSR count). The number of hydrogen-bond donors (Lipinski definition) is 1. The molecule has 2 unspecified atom stereocenters. The van der Waals surface area contributed by atoms with Gasteiger partial charge in [-0.3, -0.25) is 9.48 Å². The number of amides is 1. The van der Waals surface area contributed by atoms with Gasteiger partial charge in [0.15, 0.2) is 0 Å². The molecule has 1 aliphatic rings. The maximum absolute atomic E-state index is 12.1. The predicted molar refractivity (Wildman–Crippen MR) is 81.7 cm³/mol. The van der Waals surface area contributed by atoms with Gasteiger partial charge in [0.2, 0.25) is 0 Å². The van der Waals surface area contributed by atoms with Crippen LogP contribution >= 0.6 is 0 Å². The summed E-state index contributed by atoms with van der Waals surface area (Å²) in [5.41, 5.74) is 0.658. The summed E-state index contributed by atoms with van der Waals surface area (Å²) in [6, 6.07) is 0. The van der Waals surface area contributed by atoms with Crippen molar-refractivity contribution < 1.29 is 19.0 Å². The molecule has 0 aromatic carbocycles. The highest BCUT2D eigenvalue weighted by molar-refractivity contribution is 5.93. The molecule has 22 heavy (non-hydrogen) atoms. The minimum atomic E-state index is -0.521. The summed E-state index contributed by atoms with van der Waals surface area (Å²) in [6.07, 6.45) is 6.25. The summed E-state index contributed by atoms with van der Waals surface area (Å²) in [5, 5.41) is 6.94. The van der Waals surface area contributed by atoms with Gasteiger partial charge in [0.25, 0.3) is 5.91 Å². The Kier molecular flexibility index (Phi) is 6.82. The Bertz CT molecular complexity index is 457. The van der Waals surface area contributed by atoms with Crippen molar-refractivity contribution in [3.8, 4) is 0 Å². The van der Waals surface area contributed by atoms with Crippen molar-refractivity contribution in [1.82, 2.24) is 9.78 Å².